The Bertz CT molecular complexity index is 1560. The molecule has 14 nitrogen and oxygen atoms in total. The van der Waals surface area contributed by atoms with Crippen molar-refractivity contribution in [2.75, 3.05) is 26.3 Å². The Balaban J connectivity index is 0.772. The fraction of sp³-hybridized carbons (Fsp3) is 0.674. The fourth-order valence-electron chi connectivity index (χ4n) is 8.48. The van der Waals surface area contributed by atoms with E-state index in [-0.39, 0.29) is 110 Å². The number of carbonyl (C=O) groups is 6. The molecule has 2 aliphatic carbocycles. The molecule has 0 aromatic heterocycles. The van der Waals surface area contributed by atoms with Gasteiger partial charge in [-0.2, -0.15) is 0 Å². The molecular weight excluding hydrogens is 736 g/mol. The topological polar surface area (TPSA) is 188 Å². The predicted molar refractivity (Wildman–Crippen MR) is 205 cm³/mol. The summed E-state index contributed by atoms with van der Waals surface area (Å²) in [6.07, 6.45) is 11.1. The van der Waals surface area contributed by atoms with Crippen LogP contribution in [0.25, 0.3) is 0 Å². The van der Waals surface area contributed by atoms with Crippen molar-refractivity contribution in [1.82, 2.24) is 10.6 Å². The molecule has 2 amide bonds. The summed E-state index contributed by atoms with van der Waals surface area (Å²) >= 11 is 0. The van der Waals surface area contributed by atoms with Crippen LogP contribution in [-0.4, -0.2) is 97.6 Å². The summed E-state index contributed by atoms with van der Waals surface area (Å²) in [4.78, 5) is 73.9. The van der Waals surface area contributed by atoms with Crippen LogP contribution >= 0.6 is 0 Å². The lowest BCUT2D eigenvalue weighted by molar-refractivity contribution is -0.144. The molecule has 0 spiro atoms. The fourth-order valence-corrected chi connectivity index (χ4v) is 8.48. The average Bonchev–Trinajstić information content (AvgIpc) is 3.99. The van der Waals surface area contributed by atoms with Crippen LogP contribution in [0.4, 0.5) is 0 Å². The number of unbranched alkanes of at least 4 members (excludes halogenated alkanes) is 2. The molecule has 6 aliphatic rings. The molecule has 0 saturated carbocycles. The zero-order valence-electron chi connectivity index (χ0n) is 33.4. The minimum Gasteiger partial charge on any atom is -0.461 e. The number of fused-ring (bicyclic) bond motifs is 6. The van der Waals surface area contributed by atoms with Crippen LogP contribution in [0.2, 0.25) is 0 Å². The first-order chi connectivity index (χ1) is 27.3. The zero-order valence-corrected chi connectivity index (χ0v) is 33.4. The van der Waals surface area contributed by atoms with Gasteiger partial charge in [-0.05, 0) is 95.6 Å². The van der Waals surface area contributed by atoms with Crippen molar-refractivity contribution < 1.29 is 57.2 Å². The Labute approximate surface area is 334 Å². The molecule has 4 saturated heterocycles. The van der Waals surface area contributed by atoms with E-state index in [0.717, 1.165) is 43.3 Å². The van der Waals surface area contributed by atoms with Crippen LogP contribution in [0.15, 0.2) is 47.6 Å². The first-order valence-corrected chi connectivity index (χ1v) is 20.6. The first kappa shape index (κ1) is 42.3. The number of amides is 2. The molecule has 4 aliphatic heterocycles. The van der Waals surface area contributed by atoms with E-state index in [2.05, 4.69) is 35.9 Å². The van der Waals surface area contributed by atoms with Crippen LogP contribution in [0.3, 0.4) is 0 Å². The minimum atomic E-state index is -0.449. The van der Waals surface area contributed by atoms with Gasteiger partial charge in [0.25, 0.3) is 0 Å². The van der Waals surface area contributed by atoms with Gasteiger partial charge in [-0.1, -0.05) is 25.3 Å². The highest BCUT2D eigenvalue weighted by Crippen LogP contribution is 2.51. The van der Waals surface area contributed by atoms with Gasteiger partial charge in [0, 0.05) is 48.9 Å². The van der Waals surface area contributed by atoms with Crippen molar-refractivity contribution >= 4 is 35.7 Å². The van der Waals surface area contributed by atoms with E-state index in [1.807, 2.05) is 13.8 Å². The average molecular weight is 795 g/mol. The summed E-state index contributed by atoms with van der Waals surface area (Å²) in [5.74, 6) is -2.36. The maximum Gasteiger partial charge on any atom is 0.334 e. The second-order valence-corrected chi connectivity index (χ2v) is 16.7. The second-order valence-electron chi connectivity index (χ2n) is 16.7. The Hall–Kier alpha value is -4.30. The molecule has 2 N–H and O–H groups in total. The highest BCUT2D eigenvalue weighted by atomic mass is 16.7. The Kier molecular flexibility index (Phi) is 13.8. The predicted octanol–water partition coefficient (Wildman–Crippen LogP) is 4.55. The van der Waals surface area contributed by atoms with E-state index in [1.165, 1.54) is 0 Å². The molecule has 0 aromatic carbocycles. The molecule has 57 heavy (non-hydrogen) atoms. The number of allylic oxidation sites excluding steroid dienone is 2. The lowest BCUT2D eigenvalue weighted by Crippen LogP contribution is -2.29. The monoisotopic (exact) mass is 794 g/mol. The van der Waals surface area contributed by atoms with Crippen molar-refractivity contribution in [2.24, 2.45) is 11.8 Å². The number of carbonyl (C=O) groups excluding carboxylic acids is 6. The zero-order chi connectivity index (χ0) is 40.7. The van der Waals surface area contributed by atoms with Gasteiger partial charge in [-0.3, -0.25) is 19.2 Å². The Morgan fingerprint density at radius 3 is 1.53 bits per heavy atom. The molecule has 4 heterocycles. The third kappa shape index (κ3) is 11.0. The summed E-state index contributed by atoms with van der Waals surface area (Å²) < 4.78 is 34.1. The smallest absolute Gasteiger partial charge is 0.334 e. The molecule has 0 radical (unpaired) electrons. The SMILES string of the molecule is C=C1C(=O)O[C@H]2[C@H]1CC/C(COC(=O)CCC(=O)NCCCCCNC(=O)CCC(=O)OC/C1=C/CC[C@@]3(C)O[C@H]3[C@H]3OC(=O)C(=C)[C@@H]3CC1)=C\CC[C@@]1(C)O[C@@H]21. The normalized spacial score (nSPS) is 33.6. The van der Waals surface area contributed by atoms with Gasteiger partial charge in [-0.25, -0.2) is 9.59 Å². The highest BCUT2D eigenvalue weighted by molar-refractivity contribution is 5.91. The van der Waals surface area contributed by atoms with Crippen LogP contribution < -0.4 is 10.6 Å². The lowest BCUT2D eigenvalue weighted by atomic mass is 9.84. The van der Waals surface area contributed by atoms with Crippen LogP contribution in [0.5, 0.6) is 0 Å². The first-order valence-electron chi connectivity index (χ1n) is 20.6. The van der Waals surface area contributed by atoms with Gasteiger partial charge < -0.3 is 39.1 Å². The number of rotatable bonds is 16. The van der Waals surface area contributed by atoms with Crippen LogP contribution in [-0.2, 0) is 57.2 Å². The third-order valence-electron chi connectivity index (χ3n) is 12.3. The van der Waals surface area contributed by atoms with E-state index in [4.69, 9.17) is 28.4 Å². The number of esters is 4. The maximum absolute atomic E-state index is 12.4. The summed E-state index contributed by atoms with van der Waals surface area (Å²) in [6.45, 7) is 13.1. The van der Waals surface area contributed by atoms with Gasteiger partial charge in [0.05, 0.1) is 24.0 Å². The van der Waals surface area contributed by atoms with E-state index >= 15 is 0 Å². The molecule has 8 atom stereocenters. The van der Waals surface area contributed by atoms with Gasteiger partial charge in [0.2, 0.25) is 11.8 Å². The van der Waals surface area contributed by atoms with Crippen LogP contribution in [0.1, 0.15) is 110 Å². The lowest BCUT2D eigenvalue weighted by Gasteiger charge is -2.20. The summed E-state index contributed by atoms with van der Waals surface area (Å²) in [7, 11) is 0. The van der Waals surface area contributed by atoms with E-state index in [9.17, 15) is 28.8 Å². The maximum atomic E-state index is 12.4. The Morgan fingerprint density at radius 1 is 0.684 bits per heavy atom. The molecule has 6 rings (SSSR count). The number of hydrogen-bond donors (Lipinski definition) is 2. The molecule has 14 heteroatoms. The van der Waals surface area contributed by atoms with Gasteiger partial charge >= 0.3 is 23.9 Å². The van der Waals surface area contributed by atoms with Gasteiger partial charge in [-0.15, -0.1) is 0 Å². The highest BCUT2D eigenvalue weighted by Gasteiger charge is 2.62. The van der Waals surface area contributed by atoms with Gasteiger partial charge in [0.15, 0.2) is 0 Å². The standard InChI is InChI=1S/C43H58N2O12/c1-26-30-14-12-28(10-8-20-42(3)38(56-42)36(30)54-40(26)50)24-52-34(48)18-16-32(46)44-22-6-5-7-23-45-33(47)17-19-35(49)53-25-29-11-9-21-43(4)39(57-43)37-31(15-13-29)27(2)41(51)55-37/h10-11,30-31,36-39H,1-2,5-9,12-25H2,3-4H3,(H,44,46)(H,45,47)/b28-10+,29-11+/t30-,31-,36-,37-,38-,39-,42+,43+/m0/s1. The molecule has 4 fully saturated rings. The van der Waals surface area contributed by atoms with Crippen molar-refractivity contribution in [3.63, 3.8) is 0 Å². The molecule has 312 valence electrons. The second kappa shape index (κ2) is 18.5. The summed E-state index contributed by atoms with van der Waals surface area (Å²) in [5, 5.41) is 5.65. The quantitative estimate of drug-likeness (QED) is 0.0555. The van der Waals surface area contributed by atoms with Crippen molar-refractivity contribution in [1.29, 1.82) is 0 Å². The number of epoxide rings is 2. The third-order valence-corrected chi connectivity index (χ3v) is 12.3. The van der Waals surface area contributed by atoms with E-state index in [1.54, 1.807) is 0 Å². The number of hydrogen-bond acceptors (Lipinski definition) is 12. The van der Waals surface area contributed by atoms with Crippen molar-refractivity contribution in [3.05, 3.63) is 47.6 Å². The molecular formula is C43H58N2O12. The van der Waals surface area contributed by atoms with Gasteiger partial charge in [0.1, 0.15) is 37.6 Å². The van der Waals surface area contributed by atoms with Crippen LogP contribution in [0, 0.1) is 11.8 Å². The summed E-state index contributed by atoms with van der Waals surface area (Å²) in [6, 6.07) is 0. The van der Waals surface area contributed by atoms with E-state index < -0.39 is 11.9 Å². The number of ether oxygens (including phenoxy) is 6. The molecule has 0 bridgehead atoms. The molecule has 0 unspecified atom stereocenters. The number of nitrogens with one attached hydrogen (secondary N) is 2. The largest absolute Gasteiger partial charge is 0.461 e. The van der Waals surface area contributed by atoms with Crippen molar-refractivity contribution in [3.8, 4) is 0 Å². The summed E-state index contributed by atoms with van der Waals surface area (Å²) in [5.41, 5.74) is 2.20. The Morgan fingerprint density at radius 2 is 1.11 bits per heavy atom. The minimum absolute atomic E-state index is 0.0258. The van der Waals surface area contributed by atoms with Crippen molar-refractivity contribution in [2.45, 2.75) is 146 Å². The van der Waals surface area contributed by atoms with E-state index in [0.29, 0.717) is 62.8 Å². The molecule has 0 aromatic rings.